The summed E-state index contributed by atoms with van der Waals surface area (Å²) in [6.07, 6.45) is 0. The Labute approximate surface area is 114 Å². The van der Waals surface area contributed by atoms with Crippen LogP contribution in [0.5, 0.6) is 5.75 Å². The van der Waals surface area contributed by atoms with Crippen molar-refractivity contribution in [3.05, 3.63) is 42.0 Å². The van der Waals surface area contributed by atoms with Gasteiger partial charge in [-0.3, -0.25) is 4.90 Å². The zero-order valence-corrected chi connectivity index (χ0v) is 11.6. The van der Waals surface area contributed by atoms with E-state index in [-0.39, 0.29) is 0 Å². The number of rotatable bonds is 6. The van der Waals surface area contributed by atoms with Gasteiger partial charge < -0.3 is 9.84 Å². The van der Waals surface area contributed by atoms with Crippen LogP contribution in [0.3, 0.4) is 0 Å². The maximum Gasteiger partial charge on any atom is 0.120 e. The van der Waals surface area contributed by atoms with Crippen LogP contribution in [0.15, 0.2) is 36.4 Å². The van der Waals surface area contributed by atoms with Crippen molar-refractivity contribution in [1.29, 1.82) is 0 Å². The quantitative estimate of drug-likeness (QED) is 0.809. The molecule has 0 aliphatic heterocycles. The van der Waals surface area contributed by atoms with Crippen molar-refractivity contribution in [2.24, 2.45) is 0 Å². The fourth-order valence-corrected chi connectivity index (χ4v) is 2.20. The van der Waals surface area contributed by atoms with Crippen LogP contribution in [0, 0.1) is 0 Å². The summed E-state index contributed by atoms with van der Waals surface area (Å²) in [6.45, 7) is 5.04. The molecule has 0 unspecified atom stereocenters. The van der Waals surface area contributed by atoms with Gasteiger partial charge in [0.25, 0.3) is 0 Å². The van der Waals surface area contributed by atoms with Crippen LogP contribution in [-0.2, 0) is 11.3 Å². The Bertz CT molecular complexity index is 539. The molecular formula is C16H21NO2. The molecule has 1 N–H and O–H groups in total. The molecule has 0 fully saturated rings. The van der Waals surface area contributed by atoms with E-state index in [1.165, 1.54) is 0 Å². The molecule has 0 saturated carbocycles. The van der Waals surface area contributed by atoms with E-state index < -0.39 is 0 Å². The van der Waals surface area contributed by atoms with E-state index in [0.717, 1.165) is 42.6 Å². The maximum atomic E-state index is 10.1. The summed E-state index contributed by atoms with van der Waals surface area (Å²) < 4.78 is 5.36. The molecule has 0 aromatic heterocycles. The van der Waals surface area contributed by atoms with Crippen molar-refractivity contribution in [2.45, 2.75) is 13.5 Å². The first-order valence-electron chi connectivity index (χ1n) is 6.68. The third-order valence-corrected chi connectivity index (χ3v) is 3.27. The third kappa shape index (κ3) is 3.46. The summed E-state index contributed by atoms with van der Waals surface area (Å²) in [7, 11) is 2.04. The topological polar surface area (TPSA) is 32.7 Å². The van der Waals surface area contributed by atoms with Gasteiger partial charge in [0.2, 0.25) is 0 Å². The normalized spacial score (nSPS) is 11.3. The molecule has 0 amide bonds. The van der Waals surface area contributed by atoms with Gasteiger partial charge in [0.05, 0.1) is 6.61 Å². The monoisotopic (exact) mass is 259 g/mol. The molecular weight excluding hydrogens is 238 g/mol. The molecule has 2 aromatic carbocycles. The smallest absolute Gasteiger partial charge is 0.120 e. The molecule has 0 bridgehead atoms. The van der Waals surface area contributed by atoms with Crippen LogP contribution in [-0.4, -0.2) is 36.8 Å². The van der Waals surface area contributed by atoms with Gasteiger partial charge in [0.15, 0.2) is 0 Å². The van der Waals surface area contributed by atoms with Gasteiger partial charge in [-0.05, 0) is 30.8 Å². The number of hydrogen-bond acceptors (Lipinski definition) is 3. The molecule has 102 valence electrons. The Hall–Kier alpha value is -1.58. The summed E-state index contributed by atoms with van der Waals surface area (Å²) in [5.41, 5.74) is 0.983. The fraction of sp³-hybridized carbons (Fsp3) is 0.375. The van der Waals surface area contributed by atoms with Gasteiger partial charge in [0, 0.05) is 25.3 Å². The van der Waals surface area contributed by atoms with Crippen LogP contribution in [0.1, 0.15) is 12.5 Å². The van der Waals surface area contributed by atoms with Crippen molar-refractivity contribution in [1.82, 2.24) is 4.90 Å². The van der Waals surface area contributed by atoms with Crippen molar-refractivity contribution < 1.29 is 9.84 Å². The number of fused-ring (bicyclic) bond motifs is 1. The zero-order chi connectivity index (χ0) is 13.7. The van der Waals surface area contributed by atoms with Crippen molar-refractivity contribution >= 4 is 10.8 Å². The molecule has 3 heteroatoms. The SMILES string of the molecule is CCOCCN(C)Cc1c(O)ccc2ccccc12. The van der Waals surface area contributed by atoms with Crippen LogP contribution in [0.25, 0.3) is 10.8 Å². The molecule has 0 saturated heterocycles. The Kier molecular flexibility index (Phi) is 4.77. The van der Waals surface area contributed by atoms with Crippen molar-refractivity contribution in [3.8, 4) is 5.75 Å². The zero-order valence-electron chi connectivity index (χ0n) is 11.6. The van der Waals surface area contributed by atoms with Crippen LogP contribution >= 0.6 is 0 Å². The van der Waals surface area contributed by atoms with Gasteiger partial charge in [-0.25, -0.2) is 0 Å². The Morgan fingerprint density at radius 2 is 1.95 bits per heavy atom. The third-order valence-electron chi connectivity index (χ3n) is 3.27. The van der Waals surface area contributed by atoms with E-state index in [2.05, 4.69) is 17.0 Å². The van der Waals surface area contributed by atoms with E-state index in [1.54, 1.807) is 6.07 Å². The number of ether oxygens (including phenoxy) is 1. The summed E-state index contributed by atoms with van der Waals surface area (Å²) in [5.74, 6) is 0.363. The second kappa shape index (κ2) is 6.55. The molecule has 0 heterocycles. The van der Waals surface area contributed by atoms with Crippen molar-refractivity contribution in [3.63, 3.8) is 0 Å². The number of benzene rings is 2. The van der Waals surface area contributed by atoms with E-state index in [4.69, 9.17) is 4.74 Å². The summed E-state index contributed by atoms with van der Waals surface area (Å²) >= 11 is 0. The first kappa shape index (κ1) is 13.8. The molecule has 0 radical (unpaired) electrons. The Balaban J connectivity index is 2.17. The van der Waals surface area contributed by atoms with Crippen LogP contribution < -0.4 is 0 Å². The number of phenolic OH excluding ortho intramolecular Hbond substituents is 1. The number of phenols is 1. The van der Waals surface area contributed by atoms with E-state index in [1.807, 2.05) is 32.2 Å². The van der Waals surface area contributed by atoms with Gasteiger partial charge in [0.1, 0.15) is 5.75 Å². The summed E-state index contributed by atoms with van der Waals surface area (Å²) in [4.78, 5) is 2.16. The minimum atomic E-state index is 0.363. The van der Waals surface area contributed by atoms with Crippen LogP contribution in [0.4, 0.5) is 0 Å². The van der Waals surface area contributed by atoms with E-state index in [9.17, 15) is 5.11 Å². The highest BCUT2D eigenvalue weighted by Crippen LogP contribution is 2.27. The van der Waals surface area contributed by atoms with E-state index in [0.29, 0.717) is 5.75 Å². The average Bonchev–Trinajstić information content (AvgIpc) is 2.42. The van der Waals surface area contributed by atoms with Gasteiger partial charge >= 0.3 is 0 Å². The van der Waals surface area contributed by atoms with Gasteiger partial charge in [-0.1, -0.05) is 30.3 Å². The first-order valence-corrected chi connectivity index (χ1v) is 6.68. The molecule has 0 spiro atoms. The predicted molar refractivity (Wildman–Crippen MR) is 78.4 cm³/mol. The lowest BCUT2D eigenvalue weighted by Crippen LogP contribution is -2.23. The highest BCUT2D eigenvalue weighted by atomic mass is 16.5. The summed E-state index contributed by atoms with van der Waals surface area (Å²) in [6, 6.07) is 11.9. The lowest BCUT2D eigenvalue weighted by atomic mass is 10.0. The number of nitrogens with zero attached hydrogens (tertiary/aromatic N) is 1. The molecule has 19 heavy (non-hydrogen) atoms. The predicted octanol–water partition coefficient (Wildman–Crippen LogP) is 3.01. The highest BCUT2D eigenvalue weighted by molar-refractivity contribution is 5.87. The van der Waals surface area contributed by atoms with Gasteiger partial charge in [-0.2, -0.15) is 0 Å². The van der Waals surface area contributed by atoms with Crippen LogP contribution in [0.2, 0.25) is 0 Å². The fourth-order valence-electron chi connectivity index (χ4n) is 2.20. The molecule has 3 nitrogen and oxygen atoms in total. The number of aromatic hydroxyl groups is 1. The Morgan fingerprint density at radius 3 is 2.74 bits per heavy atom. The minimum Gasteiger partial charge on any atom is -0.508 e. The minimum absolute atomic E-state index is 0.363. The molecule has 0 atom stereocenters. The van der Waals surface area contributed by atoms with Crippen molar-refractivity contribution in [2.75, 3.05) is 26.8 Å². The molecule has 2 rings (SSSR count). The average molecular weight is 259 g/mol. The molecule has 0 aliphatic carbocycles. The second-order valence-corrected chi connectivity index (χ2v) is 4.72. The maximum absolute atomic E-state index is 10.1. The number of likely N-dealkylation sites (N-methyl/N-ethyl adjacent to an activating group) is 1. The van der Waals surface area contributed by atoms with E-state index >= 15 is 0 Å². The van der Waals surface area contributed by atoms with Gasteiger partial charge in [-0.15, -0.1) is 0 Å². The molecule has 0 aliphatic rings. The standard InChI is InChI=1S/C16H21NO2/c1-3-19-11-10-17(2)12-15-14-7-5-4-6-13(14)8-9-16(15)18/h4-9,18H,3,10-12H2,1-2H3. The Morgan fingerprint density at radius 1 is 1.16 bits per heavy atom. The lowest BCUT2D eigenvalue weighted by molar-refractivity contribution is 0.120. The number of hydrogen-bond donors (Lipinski definition) is 1. The lowest BCUT2D eigenvalue weighted by Gasteiger charge is -2.18. The highest BCUT2D eigenvalue weighted by Gasteiger charge is 2.09. The first-order chi connectivity index (χ1) is 9.22. The largest absolute Gasteiger partial charge is 0.508 e. The second-order valence-electron chi connectivity index (χ2n) is 4.72. The summed E-state index contributed by atoms with van der Waals surface area (Å²) in [5, 5.41) is 12.3. The molecule has 2 aromatic rings.